The number of pyridine rings is 1. The highest BCUT2D eigenvalue weighted by atomic mass is 16.6. The summed E-state index contributed by atoms with van der Waals surface area (Å²) in [6.07, 6.45) is 1.79. The standard InChI is InChI=1S/C29H25N3O5/c1-3-37-29(34)28(32(35)36)23(24-17-31(18(2)33)27-15-9-6-12-21(24)27)16-22-19-10-4-7-13-25(19)30-26-14-8-5-11-20(22)26/h4-15,17,23,28H,3,16H2,1-2H3. The lowest BCUT2D eigenvalue weighted by molar-refractivity contribution is -0.514. The van der Waals surface area contributed by atoms with Crippen molar-refractivity contribution in [1.29, 1.82) is 0 Å². The number of hydrogen-bond donors (Lipinski definition) is 0. The molecule has 0 N–H and O–H groups in total. The van der Waals surface area contributed by atoms with Gasteiger partial charge in [-0.05, 0) is 42.7 Å². The zero-order chi connectivity index (χ0) is 26.1. The Morgan fingerprint density at radius 3 is 2.08 bits per heavy atom. The number of nitrogens with zero attached hydrogens (tertiary/aromatic N) is 3. The molecule has 5 aromatic rings. The van der Waals surface area contributed by atoms with Crippen molar-refractivity contribution in [2.75, 3.05) is 6.61 Å². The van der Waals surface area contributed by atoms with Crippen molar-refractivity contribution in [2.45, 2.75) is 32.2 Å². The number of benzene rings is 3. The number of fused-ring (bicyclic) bond motifs is 3. The first kappa shape index (κ1) is 24.1. The third-order valence-electron chi connectivity index (χ3n) is 6.74. The fourth-order valence-corrected chi connectivity index (χ4v) is 5.15. The third kappa shape index (κ3) is 4.31. The van der Waals surface area contributed by atoms with Crippen LogP contribution in [0.1, 0.15) is 35.7 Å². The molecule has 0 fully saturated rings. The van der Waals surface area contributed by atoms with Crippen LogP contribution in [0.4, 0.5) is 0 Å². The molecule has 8 heteroatoms. The summed E-state index contributed by atoms with van der Waals surface area (Å²) >= 11 is 0. The maximum absolute atomic E-state index is 13.0. The molecule has 0 saturated carbocycles. The summed E-state index contributed by atoms with van der Waals surface area (Å²) in [4.78, 5) is 42.2. The molecule has 0 radical (unpaired) electrons. The van der Waals surface area contributed by atoms with Crippen molar-refractivity contribution < 1.29 is 19.2 Å². The number of para-hydroxylation sites is 3. The van der Waals surface area contributed by atoms with Crippen LogP contribution in [-0.4, -0.2) is 39.0 Å². The predicted octanol–water partition coefficient (Wildman–Crippen LogP) is 5.54. The van der Waals surface area contributed by atoms with Gasteiger partial charge in [-0.2, -0.15) is 0 Å². The Kier molecular flexibility index (Phi) is 6.40. The quantitative estimate of drug-likeness (QED) is 0.127. The van der Waals surface area contributed by atoms with Gasteiger partial charge in [-0.15, -0.1) is 0 Å². The van der Waals surface area contributed by atoms with Crippen molar-refractivity contribution >= 4 is 44.6 Å². The number of carbonyl (C=O) groups excluding carboxylic acids is 2. The maximum Gasteiger partial charge on any atom is 0.382 e. The zero-order valence-corrected chi connectivity index (χ0v) is 20.5. The average Bonchev–Trinajstić information content (AvgIpc) is 3.28. The molecule has 0 aliphatic carbocycles. The Bertz CT molecular complexity index is 1620. The largest absolute Gasteiger partial charge is 0.461 e. The van der Waals surface area contributed by atoms with Crippen LogP contribution in [0.3, 0.4) is 0 Å². The summed E-state index contributed by atoms with van der Waals surface area (Å²) in [5.74, 6) is -2.04. The number of rotatable bonds is 7. The molecule has 3 aromatic carbocycles. The van der Waals surface area contributed by atoms with Gasteiger partial charge in [-0.1, -0.05) is 54.6 Å². The number of nitro groups is 1. The molecule has 2 unspecified atom stereocenters. The zero-order valence-electron chi connectivity index (χ0n) is 20.5. The van der Waals surface area contributed by atoms with Crippen LogP contribution in [-0.2, 0) is 16.0 Å². The topological polar surface area (TPSA) is 104 Å². The molecular formula is C29H25N3O5. The van der Waals surface area contributed by atoms with Gasteiger partial charge >= 0.3 is 12.0 Å². The van der Waals surface area contributed by atoms with Crippen LogP contribution >= 0.6 is 0 Å². The van der Waals surface area contributed by atoms with E-state index >= 15 is 0 Å². The van der Waals surface area contributed by atoms with E-state index in [4.69, 9.17) is 9.72 Å². The van der Waals surface area contributed by atoms with Gasteiger partial charge < -0.3 is 4.74 Å². The molecule has 2 heterocycles. The number of hydrogen-bond acceptors (Lipinski definition) is 6. The second-order valence-corrected chi connectivity index (χ2v) is 8.91. The molecular weight excluding hydrogens is 470 g/mol. The van der Waals surface area contributed by atoms with Crippen LogP contribution in [0, 0.1) is 10.1 Å². The Labute approximate surface area is 212 Å². The molecule has 0 aliphatic heterocycles. The second kappa shape index (κ2) is 9.81. The van der Waals surface area contributed by atoms with Gasteiger partial charge in [0.2, 0.25) is 5.91 Å². The summed E-state index contributed by atoms with van der Waals surface area (Å²) in [6, 6.07) is 20.8. The number of ether oxygens (including phenoxy) is 1. The lowest BCUT2D eigenvalue weighted by Gasteiger charge is -2.21. The van der Waals surface area contributed by atoms with Crippen molar-refractivity contribution in [2.24, 2.45) is 0 Å². The van der Waals surface area contributed by atoms with Crippen LogP contribution in [0.15, 0.2) is 79.0 Å². The number of carbonyl (C=O) groups is 2. The Morgan fingerprint density at radius 2 is 1.51 bits per heavy atom. The van der Waals surface area contributed by atoms with E-state index in [2.05, 4.69) is 0 Å². The second-order valence-electron chi connectivity index (χ2n) is 8.91. The summed E-state index contributed by atoms with van der Waals surface area (Å²) in [7, 11) is 0. The van der Waals surface area contributed by atoms with E-state index in [0.29, 0.717) is 16.5 Å². The van der Waals surface area contributed by atoms with Gasteiger partial charge in [0.1, 0.15) is 0 Å². The molecule has 0 bridgehead atoms. The Morgan fingerprint density at radius 1 is 0.946 bits per heavy atom. The highest BCUT2D eigenvalue weighted by Crippen LogP contribution is 2.37. The Balaban J connectivity index is 1.80. The summed E-state index contributed by atoms with van der Waals surface area (Å²) < 4.78 is 6.65. The van der Waals surface area contributed by atoms with Crippen LogP contribution in [0.5, 0.6) is 0 Å². The summed E-state index contributed by atoms with van der Waals surface area (Å²) in [6.45, 7) is 3.08. The summed E-state index contributed by atoms with van der Waals surface area (Å²) in [5, 5.41) is 14.8. The van der Waals surface area contributed by atoms with Gasteiger partial charge in [0.25, 0.3) is 0 Å². The van der Waals surface area contributed by atoms with E-state index in [9.17, 15) is 19.7 Å². The van der Waals surface area contributed by atoms with E-state index in [-0.39, 0.29) is 18.9 Å². The van der Waals surface area contributed by atoms with E-state index in [1.54, 1.807) is 25.3 Å². The van der Waals surface area contributed by atoms with Crippen LogP contribution in [0.25, 0.3) is 32.7 Å². The first-order valence-electron chi connectivity index (χ1n) is 12.1. The van der Waals surface area contributed by atoms with Crippen LogP contribution < -0.4 is 0 Å². The molecule has 0 spiro atoms. The van der Waals surface area contributed by atoms with Crippen molar-refractivity contribution in [3.8, 4) is 0 Å². The van der Waals surface area contributed by atoms with E-state index < -0.39 is 22.9 Å². The average molecular weight is 496 g/mol. The minimum atomic E-state index is -1.67. The van der Waals surface area contributed by atoms with Crippen LogP contribution in [0.2, 0.25) is 0 Å². The van der Waals surface area contributed by atoms with Gasteiger partial charge in [0.05, 0.1) is 29.1 Å². The maximum atomic E-state index is 13.0. The molecule has 2 aromatic heterocycles. The number of aromatic nitrogens is 2. The van der Waals surface area contributed by atoms with E-state index in [1.165, 1.54) is 11.5 Å². The first-order valence-corrected chi connectivity index (χ1v) is 12.1. The molecule has 5 rings (SSSR count). The van der Waals surface area contributed by atoms with Gasteiger partial charge in [-0.3, -0.25) is 19.5 Å². The van der Waals surface area contributed by atoms with Crippen molar-refractivity contribution in [3.63, 3.8) is 0 Å². The van der Waals surface area contributed by atoms with Gasteiger partial charge in [-0.25, -0.2) is 9.78 Å². The first-order chi connectivity index (χ1) is 17.9. The summed E-state index contributed by atoms with van der Waals surface area (Å²) in [5.41, 5.74) is 3.54. The fourth-order valence-electron chi connectivity index (χ4n) is 5.15. The number of esters is 1. The minimum Gasteiger partial charge on any atom is -0.461 e. The van der Waals surface area contributed by atoms with Gasteiger partial charge in [0.15, 0.2) is 0 Å². The molecule has 8 nitrogen and oxygen atoms in total. The third-order valence-corrected chi connectivity index (χ3v) is 6.74. The minimum absolute atomic E-state index is 0.0201. The monoisotopic (exact) mass is 495 g/mol. The molecule has 0 saturated heterocycles. The molecule has 0 aliphatic rings. The Hall–Kier alpha value is -4.59. The van der Waals surface area contributed by atoms with Gasteiger partial charge in [0, 0.05) is 34.2 Å². The molecule has 37 heavy (non-hydrogen) atoms. The normalized spacial score (nSPS) is 13.0. The van der Waals surface area contributed by atoms with E-state index in [0.717, 1.165) is 27.4 Å². The van der Waals surface area contributed by atoms with E-state index in [1.807, 2.05) is 60.7 Å². The van der Waals surface area contributed by atoms with Crippen molar-refractivity contribution in [1.82, 2.24) is 9.55 Å². The highest BCUT2D eigenvalue weighted by Gasteiger charge is 2.43. The fraction of sp³-hybridized carbons (Fsp3) is 0.207. The SMILES string of the molecule is CCOC(=O)C(C(Cc1c2ccccc2nc2ccccc12)c1cn(C(C)=O)c2ccccc12)[N+](=O)[O-]. The molecule has 2 atom stereocenters. The molecule has 186 valence electrons. The lowest BCUT2D eigenvalue weighted by Crippen LogP contribution is -2.38. The lowest BCUT2D eigenvalue weighted by atomic mass is 9.83. The van der Waals surface area contributed by atoms with Crippen molar-refractivity contribution in [3.05, 3.63) is 100 Å². The highest BCUT2D eigenvalue weighted by molar-refractivity contribution is 5.98. The smallest absolute Gasteiger partial charge is 0.382 e. The predicted molar refractivity (Wildman–Crippen MR) is 141 cm³/mol. The molecule has 0 amide bonds.